The number of carbonyl (C=O) groups is 1. The quantitative estimate of drug-likeness (QED) is 0.908. The molecular formula is C13H20N2O3S. The molecule has 19 heavy (non-hydrogen) atoms. The average molecular weight is 284 g/mol. The number of hydrogen-bond acceptors (Lipinski definition) is 3. The highest BCUT2D eigenvalue weighted by atomic mass is 32.2. The van der Waals surface area contributed by atoms with Crippen LogP contribution in [0.3, 0.4) is 0 Å². The maximum atomic E-state index is 12.2. The SMILES string of the molecule is CCN(CC)C(=O)c1cc(C)c(C)c(S(N)(=O)=O)c1. The molecule has 0 radical (unpaired) electrons. The van der Waals surface area contributed by atoms with Gasteiger partial charge in [-0.15, -0.1) is 0 Å². The Kier molecular flexibility index (Phi) is 4.70. The Bertz CT molecular complexity index is 590. The van der Waals surface area contributed by atoms with Gasteiger partial charge in [0.25, 0.3) is 5.91 Å². The molecule has 106 valence electrons. The number of aryl methyl sites for hydroxylation is 1. The molecule has 2 N–H and O–H groups in total. The molecule has 0 bridgehead atoms. The molecule has 5 nitrogen and oxygen atoms in total. The van der Waals surface area contributed by atoms with E-state index < -0.39 is 10.0 Å². The minimum atomic E-state index is -3.82. The molecule has 0 spiro atoms. The fourth-order valence-corrected chi connectivity index (χ4v) is 2.82. The molecule has 0 fully saturated rings. The van der Waals surface area contributed by atoms with Crippen molar-refractivity contribution in [3.63, 3.8) is 0 Å². The Balaban J connectivity index is 3.40. The van der Waals surface area contributed by atoms with Gasteiger partial charge in [-0.05, 0) is 51.0 Å². The summed E-state index contributed by atoms with van der Waals surface area (Å²) in [6.07, 6.45) is 0. The van der Waals surface area contributed by atoms with Crippen molar-refractivity contribution in [1.29, 1.82) is 0 Å². The Hall–Kier alpha value is -1.40. The zero-order chi connectivity index (χ0) is 14.8. The van der Waals surface area contributed by atoms with E-state index in [-0.39, 0.29) is 10.8 Å². The van der Waals surface area contributed by atoms with Crippen LogP contribution < -0.4 is 5.14 Å². The molecule has 0 aromatic heterocycles. The van der Waals surface area contributed by atoms with E-state index in [0.29, 0.717) is 24.2 Å². The lowest BCUT2D eigenvalue weighted by molar-refractivity contribution is 0.0772. The van der Waals surface area contributed by atoms with Gasteiger partial charge in [0, 0.05) is 18.7 Å². The highest BCUT2D eigenvalue weighted by Gasteiger charge is 2.19. The summed E-state index contributed by atoms with van der Waals surface area (Å²) in [5, 5.41) is 5.18. The van der Waals surface area contributed by atoms with Gasteiger partial charge in [0.15, 0.2) is 0 Å². The van der Waals surface area contributed by atoms with Crippen LogP contribution in [0.25, 0.3) is 0 Å². The number of nitrogens with two attached hydrogens (primary N) is 1. The minimum absolute atomic E-state index is 0.0167. The summed E-state index contributed by atoms with van der Waals surface area (Å²) in [6, 6.07) is 3.06. The van der Waals surface area contributed by atoms with Crippen molar-refractivity contribution in [3.05, 3.63) is 28.8 Å². The van der Waals surface area contributed by atoms with E-state index in [1.165, 1.54) is 6.07 Å². The zero-order valence-electron chi connectivity index (χ0n) is 11.7. The lowest BCUT2D eigenvalue weighted by atomic mass is 10.1. The first-order valence-corrected chi connectivity index (χ1v) is 7.70. The predicted molar refractivity (Wildman–Crippen MR) is 74.5 cm³/mol. The van der Waals surface area contributed by atoms with Gasteiger partial charge in [0.2, 0.25) is 10.0 Å². The van der Waals surface area contributed by atoms with Crippen molar-refractivity contribution in [2.24, 2.45) is 5.14 Å². The summed E-state index contributed by atoms with van der Waals surface area (Å²) < 4.78 is 23.1. The molecule has 0 aliphatic rings. The molecule has 1 aromatic rings. The first-order valence-electron chi connectivity index (χ1n) is 6.15. The lowest BCUT2D eigenvalue weighted by Gasteiger charge is -2.20. The second kappa shape index (κ2) is 5.71. The van der Waals surface area contributed by atoms with Gasteiger partial charge in [0.1, 0.15) is 0 Å². The third-order valence-electron chi connectivity index (χ3n) is 3.22. The van der Waals surface area contributed by atoms with Crippen LogP contribution in [-0.2, 0) is 10.0 Å². The highest BCUT2D eigenvalue weighted by Crippen LogP contribution is 2.21. The first-order chi connectivity index (χ1) is 8.72. The number of hydrogen-bond donors (Lipinski definition) is 1. The molecule has 0 atom stereocenters. The minimum Gasteiger partial charge on any atom is -0.339 e. The van der Waals surface area contributed by atoms with Gasteiger partial charge in [-0.3, -0.25) is 4.79 Å². The standard InChI is InChI=1S/C13H20N2O3S/c1-5-15(6-2)13(16)11-7-9(3)10(4)12(8-11)19(14,17)18/h7-8H,5-6H2,1-4H3,(H2,14,17,18). The van der Waals surface area contributed by atoms with Crippen LogP contribution in [-0.4, -0.2) is 32.3 Å². The predicted octanol–water partition coefficient (Wildman–Crippen LogP) is 1.43. The van der Waals surface area contributed by atoms with E-state index in [1.54, 1.807) is 24.8 Å². The van der Waals surface area contributed by atoms with Crippen molar-refractivity contribution in [3.8, 4) is 0 Å². The van der Waals surface area contributed by atoms with E-state index >= 15 is 0 Å². The summed E-state index contributed by atoms with van der Waals surface area (Å²) in [4.78, 5) is 13.9. The molecule has 0 saturated carbocycles. The number of carbonyl (C=O) groups excluding carboxylic acids is 1. The third-order valence-corrected chi connectivity index (χ3v) is 4.26. The third kappa shape index (κ3) is 3.33. The Morgan fingerprint density at radius 2 is 1.74 bits per heavy atom. The average Bonchev–Trinajstić information content (AvgIpc) is 2.32. The van der Waals surface area contributed by atoms with Crippen LogP contribution in [0.5, 0.6) is 0 Å². The van der Waals surface area contributed by atoms with Crippen LogP contribution in [0.2, 0.25) is 0 Å². The van der Waals surface area contributed by atoms with Gasteiger partial charge >= 0.3 is 0 Å². The van der Waals surface area contributed by atoms with Crippen molar-refractivity contribution >= 4 is 15.9 Å². The van der Waals surface area contributed by atoms with Gasteiger partial charge in [-0.2, -0.15) is 0 Å². The van der Waals surface area contributed by atoms with Crippen molar-refractivity contribution < 1.29 is 13.2 Å². The number of benzene rings is 1. The van der Waals surface area contributed by atoms with E-state index in [4.69, 9.17) is 5.14 Å². The molecule has 0 heterocycles. The van der Waals surface area contributed by atoms with E-state index in [0.717, 1.165) is 5.56 Å². The van der Waals surface area contributed by atoms with E-state index in [2.05, 4.69) is 0 Å². The molecule has 0 aliphatic carbocycles. The maximum absolute atomic E-state index is 12.2. The molecule has 0 saturated heterocycles. The van der Waals surface area contributed by atoms with Gasteiger partial charge < -0.3 is 4.90 Å². The summed E-state index contributed by atoms with van der Waals surface area (Å²) in [5.41, 5.74) is 1.68. The molecule has 6 heteroatoms. The number of primary sulfonamides is 1. The van der Waals surface area contributed by atoms with Crippen LogP contribution in [0.1, 0.15) is 35.3 Å². The smallest absolute Gasteiger partial charge is 0.253 e. The summed E-state index contributed by atoms with van der Waals surface area (Å²) in [5.74, 6) is -0.182. The van der Waals surface area contributed by atoms with Crippen LogP contribution in [0, 0.1) is 13.8 Å². The number of rotatable bonds is 4. The fourth-order valence-electron chi connectivity index (χ4n) is 1.94. The van der Waals surface area contributed by atoms with Crippen LogP contribution in [0.4, 0.5) is 0 Å². The molecule has 0 unspecified atom stereocenters. The molecular weight excluding hydrogens is 264 g/mol. The monoisotopic (exact) mass is 284 g/mol. The summed E-state index contributed by atoms with van der Waals surface area (Å²) in [6.45, 7) is 8.36. The largest absolute Gasteiger partial charge is 0.339 e. The zero-order valence-corrected chi connectivity index (χ0v) is 12.5. The normalized spacial score (nSPS) is 11.4. The second-order valence-electron chi connectivity index (χ2n) is 4.44. The Labute approximate surface area is 114 Å². The van der Waals surface area contributed by atoms with Gasteiger partial charge in [0.05, 0.1) is 4.90 Å². The van der Waals surface area contributed by atoms with Gasteiger partial charge in [-0.25, -0.2) is 13.6 Å². The molecule has 0 aliphatic heterocycles. The number of sulfonamides is 1. The number of amides is 1. The summed E-state index contributed by atoms with van der Waals surface area (Å²) >= 11 is 0. The number of nitrogens with zero attached hydrogens (tertiary/aromatic N) is 1. The van der Waals surface area contributed by atoms with Crippen LogP contribution in [0.15, 0.2) is 17.0 Å². The Morgan fingerprint density at radius 1 is 1.21 bits per heavy atom. The molecule has 1 rings (SSSR count). The van der Waals surface area contributed by atoms with E-state index in [1.807, 2.05) is 13.8 Å². The lowest BCUT2D eigenvalue weighted by Crippen LogP contribution is -2.30. The highest BCUT2D eigenvalue weighted by molar-refractivity contribution is 7.89. The Morgan fingerprint density at radius 3 is 2.16 bits per heavy atom. The van der Waals surface area contributed by atoms with Crippen molar-refractivity contribution in [1.82, 2.24) is 4.90 Å². The molecule has 1 amide bonds. The van der Waals surface area contributed by atoms with Gasteiger partial charge in [-0.1, -0.05) is 0 Å². The summed E-state index contributed by atoms with van der Waals surface area (Å²) in [7, 11) is -3.82. The van der Waals surface area contributed by atoms with Crippen molar-refractivity contribution in [2.75, 3.05) is 13.1 Å². The second-order valence-corrected chi connectivity index (χ2v) is 5.97. The maximum Gasteiger partial charge on any atom is 0.253 e. The van der Waals surface area contributed by atoms with E-state index in [9.17, 15) is 13.2 Å². The topological polar surface area (TPSA) is 80.5 Å². The van der Waals surface area contributed by atoms with Crippen molar-refractivity contribution in [2.45, 2.75) is 32.6 Å². The molecule has 1 aromatic carbocycles. The first kappa shape index (κ1) is 15.7. The fraction of sp³-hybridized carbons (Fsp3) is 0.462. The van der Waals surface area contributed by atoms with Crippen LogP contribution >= 0.6 is 0 Å².